The van der Waals surface area contributed by atoms with Crippen molar-refractivity contribution >= 4 is 29.3 Å². The lowest BCUT2D eigenvalue weighted by atomic mass is 10.1. The zero-order valence-corrected chi connectivity index (χ0v) is 16.7. The molecule has 0 saturated heterocycles. The maximum atomic E-state index is 12.1. The van der Waals surface area contributed by atoms with E-state index < -0.39 is 6.09 Å². The van der Waals surface area contributed by atoms with Gasteiger partial charge in [-0.25, -0.2) is 14.6 Å². The highest BCUT2D eigenvalue weighted by molar-refractivity contribution is 5.92. The number of anilines is 3. The molecule has 0 spiro atoms. The van der Waals surface area contributed by atoms with Crippen molar-refractivity contribution in [1.29, 1.82) is 0 Å². The van der Waals surface area contributed by atoms with Crippen molar-refractivity contribution in [3.63, 3.8) is 0 Å². The summed E-state index contributed by atoms with van der Waals surface area (Å²) in [6.07, 6.45) is 5.66. The normalized spacial score (nSPS) is 10.2. The second-order valence-corrected chi connectivity index (χ2v) is 6.64. The van der Waals surface area contributed by atoms with E-state index in [2.05, 4.69) is 33.2 Å². The van der Waals surface area contributed by atoms with Crippen molar-refractivity contribution in [3.8, 4) is 0 Å². The molecule has 3 amide bonds. The molecule has 0 radical (unpaired) electrons. The number of unbranched alkanes of at least 4 members (excludes halogenated alkanes) is 3. The topological polar surface area (TPSA) is 115 Å². The lowest BCUT2D eigenvalue weighted by Gasteiger charge is -2.13. The molecule has 0 aliphatic heterocycles. The fraction of sp³-hybridized carbons (Fsp3) is 0.381. The van der Waals surface area contributed by atoms with Crippen LogP contribution in [0, 0.1) is 0 Å². The van der Waals surface area contributed by atoms with Crippen molar-refractivity contribution in [2.75, 3.05) is 23.7 Å². The summed E-state index contributed by atoms with van der Waals surface area (Å²) < 4.78 is 0. The number of nitrogens with one attached hydrogen (secondary N) is 4. The van der Waals surface area contributed by atoms with E-state index in [1.54, 1.807) is 18.3 Å². The van der Waals surface area contributed by atoms with Crippen LogP contribution in [0.15, 0.2) is 42.6 Å². The van der Waals surface area contributed by atoms with Crippen LogP contribution >= 0.6 is 0 Å². The number of urea groups is 1. The molecule has 0 saturated carbocycles. The molecule has 2 aromatic rings. The molecule has 0 aliphatic rings. The summed E-state index contributed by atoms with van der Waals surface area (Å²) in [7, 11) is 0. The van der Waals surface area contributed by atoms with Crippen molar-refractivity contribution in [2.24, 2.45) is 0 Å². The van der Waals surface area contributed by atoms with E-state index in [0.717, 1.165) is 30.5 Å². The van der Waals surface area contributed by atoms with Crippen molar-refractivity contribution < 1.29 is 14.7 Å². The third-order valence-electron chi connectivity index (χ3n) is 4.28. The third-order valence-corrected chi connectivity index (χ3v) is 4.28. The summed E-state index contributed by atoms with van der Waals surface area (Å²) in [6.45, 7) is 3.16. The van der Waals surface area contributed by atoms with E-state index in [0.29, 0.717) is 31.0 Å². The monoisotopic (exact) mass is 399 g/mol. The SMILES string of the molecule is CCCCCCNC(=O)Nc1cccnc1Nc1ccc(CCNC(=O)O)cc1. The van der Waals surface area contributed by atoms with Gasteiger partial charge in [0.05, 0.1) is 5.69 Å². The van der Waals surface area contributed by atoms with E-state index in [1.165, 1.54) is 6.42 Å². The predicted molar refractivity (Wildman–Crippen MR) is 115 cm³/mol. The van der Waals surface area contributed by atoms with E-state index in [1.807, 2.05) is 24.3 Å². The van der Waals surface area contributed by atoms with Crippen molar-refractivity contribution in [3.05, 3.63) is 48.2 Å². The Morgan fingerprint density at radius 2 is 1.79 bits per heavy atom. The Morgan fingerprint density at radius 3 is 2.52 bits per heavy atom. The molecule has 0 unspecified atom stereocenters. The summed E-state index contributed by atoms with van der Waals surface area (Å²) >= 11 is 0. The molecule has 156 valence electrons. The molecule has 8 nitrogen and oxygen atoms in total. The van der Waals surface area contributed by atoms with Gasteiger partial charge in [0.25, 0.3) is 0 Å². The number of hydrogen-bond donors (Lipinski definition) is 5. The van der Waals surface area contributed by atoms with Gasteiger partial charge >= 0.3 is 12.1 Å². The Bertz CT molecular complexity index is 780. The number of hydrogen-bond acceptors (Lipinski definition) is 4. The highest BCUT2D eigenvalue weighted by atomic mass is 16.4. The molecule has 29 heavy (non-hydrogen) atoms. The maximum absolute atomic E-state index is 12.1. The molecule has 1 aromatic carbocycles. The number of rotatable bonds is 11. The van der Waals surface area contributed by atoms with E-state index in [4.69, 9.17) is 5.11 Å². The zero-order valence-electron chi connectivity index (χ0n) is 16.7. The average molecular weight is 399 g/mol. The average Bonchev–Trinajstić information content (AvgIpc) is 2.70. The second-order valence-electron chi connectivity index (χ2n) is 6.64. The number of benzene rings is 1. The number of carboxylic acid groups (broad SMARTS) is 1. The molecular weight excluding hydrogens is 370 g/mol. The number of aromatic nitrogens is 1. The first-order valence-electron chi connectivity index (χ1n) is 9.91. The van der Waals surface area contributed by atoms with Gasteiger partial charge in [0, 0.05) is 25.0 Å². The fourth-order valence-electron chi connectivity index (χ4n) is 2.73. The van der Waals surface area contributed by atoms with Crippen LogP contribution < -0.4 is 21.3 Å². The highest BCUT2D eigenvalue weighted by Crippen LogP contribution is 2.23. The van der Waals surface area contributed by atoms with Gasteiger partial charge in [0.1, 0.15) is 0 Å². The summed E-state index contributed by atoms with van der Waals surface area (Å²) in [6, 6.07) is 10.9. The maximum Gasteiger partial charge on any atom is 0.404 e. The van der Waals surface area contributed by atoms with Gasteiger partial charge in [-0.15, -0.1) is 0 Å². The van der Waals surface area contributed by atoms with Crippen molar-refractivity contribution in [1.82, 2.24) is 15.6 Å². The fourth-order valence-corrected chi connectivity index (χ4v) is 2.73. The number of amides is 3. The Balaban J connectivity index is 1.88. The smallest absolute Gasteiger partial charge is 0.404 e. The molecular formula is C21H29N5O3. The van der Waals surface area contributed by atoms with Gasteiger partial charge in [-0.3, -0.25) is 0 Å². The molecule has 0 aliphatic carbocycles. The highest BCUT2D eigenvalue weighted by Gasteiger charge is 2.08. The first-order valence-corrected chi connectivity index (χ1v) is 9.91. The zero-order chi connectivity index (χ0) is 20.9. The number of nitrogens with zero attached hydrogens (tertiary/aromatic N) is 1. The first kappa shape index (κ1) is 22.0. The van der Waals surface area contributed by atoms with E-state index >= 15 is 0 Å². The predicted octanol–water partition coefficient (Wildman–Crippen LogP) is 4.34. The molecule has 1 aromatic heterocycles. The van der Waals surface area contributed by atoms with E-state index in [-0.39, 0.29) is 6.03 Å². The number of carbonyl (C=O) groups is 2. The minimum Gasteiger partial charge on any atom is -0.465 e. The van der Waals surface area contributed by atoms with Gasteiger partial charge in [-0.1, -0.05) is 38.3 Å². The van der Waals surface area contributed by atoms with Gasteiger partial charge in [0.15, 0.2) is 5.82 Å². The molecule has 5 N–H and O–H groups in total. The molecule has 1 heterocycles. The van der Waals surface area contributed by atoms with Gasteiger partial charge in [-0.05, 0) is 42.7 Å². The van der Waals surface area contributed by atoms with Crippen LogP contribution in [0.2, 0.25) is 0 Å². The van der Waals surface area contributed by atoms with Crippen LogP contribution in [0.4, 0.5) is 26.8 Å². The van der Waals surface area contributed by atoms with Crippen LogP contribution in [-0.4, -0.2) is 35.3 Å². The Hall–Kier alpha value is -3.29. The van der Waals surface area contributed by atoms with Crippen LogP contribution in [0.1, 0.15) is 38.2 Å². The quantitative estimate of drug-likeness (QED) is 0.361. The third kappa shape index (κ3) is 8.50. The minimum absolute atomic E-state index is 0.251. The van der Waals surface area contributed by atoms with E-state index in [9.17, 15) is 9.59 Å². The molecule has 0 atom stereocenters. The standard InChI is InChI=1S/C21H29N5O3/c1-2-3-4-5-13-23-20(27)26-18-7-6-14-22-19(18)25-17-10-8-16(9-11-17)12-15-24-21(28)29/h6-11,14,24H,2-5,12-13,15H2,1H3,(H,22,25)(H,28,29)(H2,23,26,27). The Labute approximate surface area is 171 Å². The minimum atomic E-state index is -1.02. The van der Waals surface area contributed by atoms with Gasteiger partial charge < -0.3 is 26.4 Å². The number of pyridine rings is 1. The number of carbonyl (C=O) groups excluding carboxylic acids is 1. The van der Waals surface area contributed by atoms with Gasteiger partial charge in [-0.2, -0.15) is 0 Å². The molecule has 8 heteroatoms. The summed E-state index contributed by atoms with van der Waals surface area (Å²) in [5, 5.41) is 19.8. The molecule has 2 rings (SSSR count). The summed E-state index contributed by atoms with van der Waals surface area (Å²) in [5.41, 5.74) is 2.43. The molecule has 0 fully saturated rings. The van der Waals surface area contributed by atoms with Gasteiger partial charge in [0.2, 0.25) is 0 Å². The van der Waals surface area contributed by atoms with Crippen LogP contribution in [0.25, 0.3) is 0 Å². The lowest BCUT2D eigenvalue weighted by Crippen LogP contribution is -2.29. The Morgan fingerprint density at radius 1 is 1.00 bits per heavy atom. The van der Waals surface area contributed by atoms with Crippen LogP contribution in [0.5, 0.6) is 0 Å². The summed E-state index contributed by atoms with van der Waals surface area (Å²) in [5.74, 6) is 0.550. The van der Waals surface area contributed by atoms with Crippen molar-refractivity contribution in [2.45, 2.75) is 39.0 Å². The van der Waals surface area contributed by atoms with Crippen LogP contribution in [0.3, 0.4) is 0 Å². The second kappa shape index (κ2) is 12.2. The first-order chi connectivity index (χ1) is 14.1. The largest absolute Gasteiger partial charge is 0.465 e. The van der Waals surface area contributed by atoms with Crippen LogP contribution in [-0.2, 0) is 6.42 Å². The molecule has 0 bridgehead atoms. The Kier molecular flexibility index (Phi) is 9.28. The summed E-state index contributed by atoms with van der Waals surface area (Å²) in [4.78, 5) is 26.9. The lowest BCUT2D eigenvalue weighted by molar-refractivity contribution is 0.194.